The van der Waals surface area contributed by atoms with E-state index in [1.165, 1.54) is 6.20 Å². The van der Waals surface area contributed by atoms with E-state index in [0.29, 0.717) is 10.5 Å². The molecule has 146 valence electrons. The molecule has 0 spiro atoms. The molecule has 1 amide bonds. The summed E-state index contributed by atoms with van der Waals surface area (Å²) in [6, 6.07) is 15.8. The molecule has 29 heavy (non-hydrogen) atoms. The summed E-state index contributed by atoms with van der Waals surface area (Å²) in [7, 11) is -1.35. The summed E-state index contributed by atoms with van der Waals surface area (Å²) in [5.74, 6) is 9.99. The van der Waals surface area contributed by atoms with Gasteiger partial charge < -0.3 is 4.74 Å². The highest BCUT2D eigenvalue weighted by Gasteiger charge is 2.14. The molecule has 0 saturated heterocycles. The van der Waals surface area contributed by atoms with Crippen molar-refractivity contribution in [2.45, 2.75) is 11.8 Å². The Morgan fingerprint density at radius 3 is 2.55 bits per heavy atom. The number of nitrogens with zero attached hydrogens (tertiary/aromatic N) is 1. The first-order valence-corrected chi connectivity index (χ1v) is 10.5. The molecular formula is C23H20N2O3S. The molecule has 1 aromatic heterocycles. The number of rotatable bonds is 4. The van der Waals surface area contributed by atoms with Crippen LogP contribution >= 0.6 is 0 Å². The van der Waals surface area contributed by atoms with Gasteiger partial charge in [0.2, 0.25) is 0 Å². The van der Waals surface area contributed by atoms with Crippen LogP contribution in [0, 0.1) is 18.8 Å². The van der Waals surface area contributed by atoms with E-state index in [-0.39, 0.29) is 5.56 Å². The summed E-state index contributed by atoms with van der Waals surface area (Å²) in [5.41, 5.74) is 2.67. The second kappa shape index (κ2) is 8.63. The van der Waals surface area contributed by atoms with Crippen LogP contribution in [0.1, 0.15) is 27.0 Å². The van der Waals surface area contributed by atoms with Crippen molar-refractivity contribution in [2.24, 2.45) is 0 Å². The predicted octanol–water partition coefficient (Wildman–Crippen LogP) is 3.22. The van der Waals surface area contributed by atoms with Gasteiger partial charge in [-0.2, -0.15) is 0 Å². The Labute approximate surface area is 170 Å². The maximum atomic E-state index is 12.8. The van der Waals surface area contributed by atoms with Gasteiger partial charge >= 0.3 is 0 Å². The highest BCUT2D eigenvalue weighted by molar-refractivity contribution is 7.99. The smallest absolute Gasteiger partial charge is 0.264 e. The molecule has 0 saturated carbocycles. The zero-order chi connectivity index (χ0) is 20.9. The Morgan fingerprint density at radius 1 is 1.10 bits per heavy atom. The van der Waals surface area contributed by atoms with Crippen LogP contribution < -0.4 is 9.46 Å². The molecule has 0 aliphatic heterocycles. The summed E-state index contributed by atoms with van der Waals surface area (Å²) >= 11 is 0. The highest BCUT2D eigenvalue weighted by atomic mass is 32.2. The number of hydrogen-bond acceptors (Lipinski definition) is 4. The first kappa shape index (κ1) is 20.2. The van der Waals surface area contributed by atoms with Crippen LogP contribution in [0.2, 0.25) is 0 Å². The molecule has 1 heterocycles. The largest absolute Gasteiger partial charge is 0.497 e. The van der Waals surface area contributed by atoms with Crippen molar-refractivity contribution in [3.8, 4) is 17.6 Å². The van der Waals surface area contributed by atoms with E-state index in [1.54, 1.807) is 49.7 Å². The van der Waals surface area contributed by atoms with Crippen LogP contribution in [-0.2, 0) is 9.71 Å². The van der Waals surface area contributed by atoms with Crippen LogP contribution in [-0.4, -0.2) is 28.1 Å². The number of hydrogen-bond donors (Lipinski definition) is 1. The third-order valence-electron chi connectivity index (χ3n) is 4.16. The van der Waals surface area contributed by atoms with Crippen molar-refractivity contribution in [1.29, 1.82) is 0 Å². The van der Waals surface area contributed by atoms with Crippen LogP contribution in [0.25, 0.3) is 0 Å². The quantitative estimate of drug-likeness (QED) is 0.536. The summed E-state index contributed by atoms with van der Waals surface area (Å²) in [6.07, 6.45) is 2.97. The fourth-order valence-electron chi connectivity index (χ4n) is 2.58. The number of nitrogens with one attached hydrogen (secondary N) is 1. The van der Waals surface area contributed by atoms with Crippen LogP contribution in [0.4, 0.5) is 0 Å². The molecule has 2 aromatic carbocycles. The van der Waals surface area contributed by atoms with Gasteiger partial charge in [-0.25, -0.2) is 4.21 Å². The highest BCUT2D eigenvalue weighted by Crippen LogP contribution is 2.16. The second-order valence-corrected chi connectivity index (χ2v) is 8.34. The maximum absolute atomic E-state index is 12.8. The van der Waals surface area contributed by atoms with Crippen molar-refractivity contribution < 1.29 is 13.7 Å². The van der Waals surface area contributed by atoms with Crippen LogP contribution in [0.15, 0.2) is 71.9 Å². The Bertz CT molecular complexity index is 1210. The van der Waals surface area contributed by atoms with Crippen LogP contribution in [0.3, 0.4) is 0 Å². The van der Waals surface area contributed by atoms with Crippen molar-refractivity contribution in [3.05, 3.63) is 89.2 Å². The van der Waals surface area contributed by atoms with Crippen molar-refractivity contribution in [1.82, 2.24) is 9.71 Å². The number of carbonyl (C=O) groups is 1. The van der Waals surface area contributed by atoms with Gasteiger partial charge in [-0.3, -0.25) is 14.5 Å². The van der Waals surface area contributed by atoms with Gasteiger partial charge in [0.05, 0.1) is 22.4 Å². The number of aryl methyl sites for hydroxylation is 1. The summed E-state index contributed by atoms with van der Waals surface area (Å²) in [4.78, 5) is 17.1. The SMILES string of the molecule is C=S(=O)(NC(=O)c1cncc(C#Cc2ccc(OC)cc2C)c1)c1ccccc1. The number of pyridine rings is 1. The van der Waals surface area contributed by atoms with Gasteiger partial charge in [-0.1, -0.05) is 30.0 Å². The molecule has 6 heteroatoms. The fraction of sp³-hybridized carbons (Fsp3) is 0.0870. The molecule has 3 aromatic rings. The monoisotopic (exact) mass is 404 g/mol. The van der Waals surface area contributed by atoms with E-state index in [4.69, 9.17) is 4.74 Å². The number of carbonyl (C=O) groups excluding carboxylic acids is 1. The zero-order valence-electron chi connectivity index (χ0n) is 16.1. The molecule has 1 N–H and O–H groups in total. The number of benzene rings is 2. The van der Waals surface area contributed by atoms with Crippen molar-refractivity contribution in [2.75, 3.05) is 7.11 Å². The Kier molecular flexibility index (Phi) is 6.01. The lowest BCUT2D eigenvalue weighted by Gasteiger charge is -2.11. The Balaban J connectivity index is 1.81. The normalized spacial score (nSPS) is 12.2. The molecule has 1 atom stereocenters. The minimum absolute atomic E-state index is 0.260. The summed E-state index contributed by atoms with van der Waals surface area (Å²) < 4.78 is 20.4. The molecule has 0 bridgehead atoms. The minimum atomic E-state index is -2.96. The minimum Gasteiger partial charge on any atom is -0.497 e. The number of methoxy groups -OCH3 is 1. The lowest BCUT2D eigenvalue weighted by atomic mass is 10.1. The van der Waals surface area contributed by atoms with E-state index in [2.05, 4.69) is 27.4 Å². The van der Waals surface area contributed by atoms with Gasteiger partial charge in [-0.05, 0) is 54.8 Å². The summed E-state index contributed by atoms with van der Waals surface area (Å²) in [5, 5.41) is 0. The molecular weight excluding hydrogens is 384 g/mol. The van der Waals surface area contributed by atoms with E-state index < -0.39 is 15.6 Å². The first-order valence-electron chi connectivity index (χ1n) is 8.75. The molecule has 0 radical (unpaired) electrons. The van der Waals surface area contributed by atoms with Gasteiger partial charge in [0.15, 0.2) is 0 Å². The van der Waals surface area contributed by atoms with Crippen LogP contribution in [0.5, 0.6) is 5.75 Å². The third kappa shape index (κ3) is 5.03. The Morgan fingerprint density at radius 2 is 1.86 bits per heavy atom. The number of amides is 1. The predicted molar refractivity (Wildman–Crippen MR) is 115 cm³/mol. The second-order valence-electron chi connectivity index (χ2n) is 6.31. The van der Waals surface area contributed by atoms with Gasteiger partial charge in [0.25, 0.3) is 5.91 Å². The molecule has 0 fully saturated rings. The average molecular weight is 404 g/mol. The molecule has 0 aliphatic rings. The average Bonchev–Trinajstić information content (AvgIpc) is 2.73. The first-order chi connectivity index (χ1) is 13.9. The lowest BCUT2D eigenvalue weighted by Crippen LogP contribution is -2.30. The van der Waals surface area contributed by atoms with E-state index in [1.807, 2.05) is 25.1 Å². The lowest BCUT2D eigenvalue weighted by molar-refractivity contribution is 0.0982. The van der Waals surface area contributed by atoms with E-state index in [0.717, 1.165) is 16.9 Å². The topological polar surface area (TPSA) is 68.3 Å². The molecule has 1 unspecified atom stereocenters. The molecule has 3 rings (SSSR count). The third-order valence-corrected chi connectivity index (χ3v) is 5.71. The van der Waals surface area contributed by atoms with Crippen molar-refractivity contribution in [3.63, 3.8) is 0 Å². The van der Waals surface area contributed by atoms with Gasteiger partial charge in [-0.15, -0.1) is 0 Å². The molecule has 5 nitrogen and oxygen atoms in total. The van der Waals surface area contributed by atoms with Crippen molar-refractivity contribution >= 4 is 21.5 Å². The number of ether oxygens (including phenoxy) is 1. The standard InChI is InChI=1S/C23H20N2O3S/c1-17-13-21(28-2)12-11-19(17)10-9-18-14-20(16-24-15-18)23(26)25-29(3,27)22-7-5-4-6-8-22/h4-8,11-16H,3H2,1-2H3,(H,25,26,27). The summed E-state index contributed by atoms with van der Waals surface area (Å²) in [6.45, 7) is 1.95. The number of aromatic nitrogens is 1. The van der Waals surface area contributed by atoms with E-state index >= 15 is 0 Å². The Hall–Kier alpha value is -3.56. The fourth-order valence-corrected chi connectivity index (χ4v) is 3.72. The maximum Gasteiger partial charge on any atom is 0.264 e. The zero-order valence-corrected chi connectivity index (χ0v) is 17.0. The van der Waals surface area contributed by atoms with E-state index in [9.17, 15) is 9.00 Å². The van der Waals surface area contributed by atoms with Gasteiger partial charge in [0, 0.05) is 28.4 Å². The molecule has 0 aliphatic carbocycles. The van der Waals surface area contributed by atoms with Gasteiger partial charge in [0.1, 0.15) is 5.75 Å².